The lowest BCUT2D eigenvalue weighted by molar-refractivity contribution is -0.141. The fraction of sp³-hybridized carbons (Fsp3) is 0.385. The van der Waals surface area contributed by atoms with Crippen LogP contribution < -0.4 is 21.5 Å². The number of rotatable bonds is 5. The minimum absolute atomic E-state index is 0.176. The zero-order valence-corrected chi connectivity index (χ0v) is 22.2. The van der Waals surface area contributed by atoms with Crippen molar-refractivity contribution >= 4 is 38.8 Å². The normalized spacial score (nSPS) is 17.6. The van der Waals surface area contributed by atoms with Gasteiger partial charge in [0.1, 0.15) is 12.9 Å². The molecule has 0 bridgehead atoms. The Morgan fingerprint density at radius 3 is 2.79 bits per heavy atom. The van der Waals surface area contributed by atoms with Gasteiger partial charge in [-0.3, -0.25) is 13.9 Å². The third-order valence-corrected chi connectivity index (χ3v) is 8.52. The van der Waals surface area contributed by atoms with Crippen LogP contribution in [-0.2, 0) is 19.5 Å². The van der Waals surface area contributed by atoms with Crippen LogP contribution in [0.15, 0.2) is 46.4 Å². The van der Waals surface area contributed by atoms with E-state index in [0.29, 0.717) is 31.7 Å². The number of anilines is 1. The van der Waals surface area contributed by atoms with Crippen molar-refractivity contribution < 1.29 is 13.2 Å². The number of hydrogen-bond acceptors (Lipinski definition) is 7. The molecule has 0 amide bonds. The first kappa shape index (κ1) is 26.0. The molecular weight excluding hydrogens is 553 g/mol. The van der Waals surface area contributed by atoms with Crippen LogP contribution in [0.25, 0.3) is 21.5 Å². The van der Waals surface area contributed by atoms with Crippen LogP contribution >= 0.6 is 22.9 Å². The summed E-state index contributed by atoms with van der Waals surface area (Å²) in [5.41, 5.74) is 2.80. The monoisotopic (exact) mass is 576 g/mol. The lowest BCUT2D eigenvalue weighted by Crippen LogP contribution is -2.41. The van der Waals surface area contributed by atoms with E-state index in [-0.39, 0.29) is 6.54 Å². The molecule has 0 spiro atoms. The molecule has 0 radical (unpaired) electrons. The molecule has 4 aromatic rings. The predicted octanol–water partition coefficient (Wildman–Crippen LogP) is 4.06. The van der Waals surface area contributed by atoms with Gasteiger partial charge in [0, 0.05) is 52.5 Å². The van der Waals surface area contributed by atoms with Crippen molar-refractivity contribution in [2.24, 2.45) is 0 Å². The number of halogens is 4. The van der Waals surface area contributed by atoms with Crippen molar-refractivity contribution in [1.82, 2.24) is 24.4 Å². The lowest BCUT2D eigenvalue weighted by Gasteiger charge is -2.37. The second-order valence-corrected chi connectivity index (χ2v) is 11.4. The highest BCUT2D eigenvalue weighted by Crippen LogP contribution is 2.43. The summed E-state index contributed by atoms with van der Waals surface area (Å²) in [5.74, 6) is 0. The number of nitrogens with one attached hydrogen (secondary N) is 1. The second-order valence-electron chi connectivity index (χ2n) is 9.82. The van der Waals surface area contributed by atoms with Gasteiger partial charge in [-0.2, -0.15) is 13.2 Å². The Kier molecular flexibility index (Phi) is 6.72. The van der Waals surface area contributed by atoms with Crippen molar-refractivity contribution in [3.05, 3.63) is 73.1 Å². The zero-order chi connectivity index (χ0) is 27.3. The quantitative estimate of drug-likeness (QED) is 0.386. The van der Waals surface area contributed by atoms with Gasteiger partial charge in [0.05, 0.1) is 22.5 Å². The molecule has 1 aromatic carbocycles. The summed E-state index contributed by atoms with van der Waals surface area (Å²) >= 11 is 7.88. The molecule has 0 aliphatic carbocycles. The summed E-state index contributed by atoms with van der Waals surface area (Å²) in [6.45, 7) is 1.15. The van der Waals surface area contributed by atoms with E-state index in [1.165, 1.54) is 23.2 Å². The maximum atomic E-state index is 12.9. The number of fused-ring (bicyclic) bond motifs is 2. The molecule has 1 N–H and O–H groups in total. The van der Waals surface area contributed by atoms with Crippen LogP contribution in [0.4, 0.5) is 18.9 Å². The largest absolute Gasteiger partial charge is 0.406 e. The van der Waals surface area contributed by atoms with E-state index < -0.39 is 24.0 Å². The maximum Gasteiger partial charge on any atom is 0.406 e. The number of thiophene rings is 1. The highest BCUT2D eigenvalue weighted by atomic mass is 35.5. The van der Waals surface area contributed by atoms with E-state index in [1.807, 2.05) is 12.1 Å². The van der Waals surface area contributed by atoms with Crippen LogP contribution in [0.2, 0.25) is 5.02 Å². The summed E-state index contributed by atoms with van der Waals surface area (Å²) < 4.78 is 40.8. The first-order chi connectivity index (χ1) is 18.7. The van der Waals surface area contributed by atoms with E-state index in [4.69, 9.17) is 11.6 Å². The van der Waals surface area contributed by atoms with Gasteiger partial charge in [-0.15, -0.1) is 11.3 Å². The first-order valence-corrected chi connectivity index (χ1v) is 13.8. The van der Waals surface area contributed by atoms with Crippen LogP contribution in [0.5, 0.6) is 0 Å². The van der Waals surface area contributed by atoms with Crippen LogP contribution in [0, 0.1) is 0 Å². The minimum atomic E-state index is -4.59. The Morgan fingerprint density at radius 1 is 1.18 bits per heavy atom. The number of benzene rings is 1. The number of hydrogen-bond donors (Lipinski definition) is 1. The summed E-state index contributed by atoms with van der Waals surface area (Å²) in [6.07, 6.45) is 0.732. The van der Waals surface area contributed by atoms with Gasteiger partial charge in [-0.25, -0.2) is 14.8 Å². The molecular formula is C26H24ClF3N6O2S. The molecule has 13 heteroatoms. The second kappa shape index (κ2) is 10.1. The Labute approximate surface area is 229 Å². The highest BCUT2D eigenvalue weighted by molar-refractivity contribution is 7.19. The summed E-state index contributed by atoms with van der Waals surface area (Å²) in [4.78, 5) is 37.2. The average Bonchev–Trinajstić information content (AvgIpc) is 3.56. The smallest absolute Gasteiger partial charge is 0.366 e. The van der Waals surface area contributed by atoms with E-state index >= 15 is 0 Å². The van der Waals surface area contributed by atoms with Gasteiger partial charge in [0.2, 0.25) is 0 Å². The lowest BCUT2D eigenvalue weighted by atomic mass is 9.94. The van der Waals surface area contributed by atoms with Gasteiger partial charge in [0.15, 0.2) is 0 Å². The molecule has 5 heterocycles. The summed E-state index contributed by atoms with van der Waals surface area (Å²) in [7, 11) is 0. The SMILES string of the molecule is O=c1ccn(CC(F)(F)F)c(=O)n1Cc1cc2ncnc(-c3cc(Cl)cc4c3N([C@H]3CCNC3)CCC4)c2s1. The molecule has 1 saturated heterocycles. The Hall–Kier alpha value is -3.22. The van der Waals surface area contributed by atoms with Gasteiger partial charge in [-0.1, -0.05) is 11.6 Å². The summed E-state index contributed by atoms with van der Waals surface area (Å²) in [6, 6.07) is 7.01. The molecule has 2 aliphatic heterocycles. The topological polar surface area (TPSA) is 85.0 Å². The predicted molar refractivity (Wildman–Crippen MR) is 145 cm³/mol. The molecule has 39 heavy (non-hydrogen) atoms. The molecule has 204 valence electrons. The van der Waals surface area contributed by atoms with Gasteiger partial charge in [0.25, 0.3) is 5.56 Å². The van der Waals surface area contributed by atoms with Crippen molar-refractivity contribution in [1.29, 1.82) is 0 Å². The van der Waals surface area contributed by atoms with E-state index in [0.717, 1.165) is 71.7 Å². The van der Waals surface area contributed by atoms with Crippen molar-refractivity contribution in [3.8, 4) is 11.3 Å². The molecule has 3 aromatic heterocycles. The van der Waals surface area contributed by atoms with E-state index in [1.54, 1.807) is 6.07 Å². The fourth-order valence-electron chi connectivity index (χ4n) is 5.53. The summed E-state index contributed by atoms with van der Waals surface area (Å²) in [5, 5.41) is 4.05. The Bertz CT molecular complexity index is 1680. The van der Waals surface area contributed by atoms with E-state index in [2.05, 4.69) is 20.2 Å². The number of aromatic nitrogens is 4. The van der Waals surface area contributed by atoms with Crippen LogP contribution in [0.1, 0.15) is 23.3 Å². The number of alkyl halides is 3. The van der Waals surface area contributed by atoms with Gasteiger partial charge >= 0.3 is 11.9 Å². The molecule has 0 unspecified atom stereocenters. The maximum absolute atomic E-state index is 12.9. The molecule has 2 aliphatic rings. The van der Waals surface area contributed by atoms with Crippen molar-refractivity contribution in [2.75, 3.05) is 24.5 Å². The number of aryl methyl sites for hydroxylation is 1. The Balaban J connectivity index is 1.43. The minimum Gasteiger partial charge on any atom is -0.366 e. The van der Waals surface area contributed by atoms with Crippen LogP contribution in [0.3, 0.4) is 0 Å². The molecule has 1 atom stereocenters. The fourth-order valence-corrected chi connectivity index (χ4v) is 6.88. The van der Waals surface area contributed by atoms with Gasteiger partial charge in [-0.05, 0) is 49.6 Å². The van der Waals surface area contributed by atoms with Crippen molar-refractivity contribution in [2.45, 2.75) is 44.6 Å². The number of nitrogens with zero attached hydrogens (tertiary/aromatic N) is 5. The third-order valence-electron chi connectivity index (χ3n) is 7.18. The molecule has 6 rings (SSSR count). The van der Waals surface area contributed by atoms with Crippen LogP contribution in [-0.4, -0.2) is 51.0 Å². The zero-order valence-electron chi connectivity index (χ0n) is 20.7. The molecule has 0 saturated carbocycles. The van der Waals surface area contributed by atoms with E-state index in [9.17, 15) is 22.8 Å². The Morgan fingerprint density at radius 2 is 2.03 bits per heavy atom. The third kappa shape index (κ3) is 5.08. The van der Waals surface area contributed by atoms with Crippen molar-refractivity contribution in [3.63, 3.8) is 0 Å². The molecule has 1 fully saturated rings. The molecule has 8 nitrogen and oxygen atoms in total. The first-order valence-electron chi connectivity index (χ1n) is 12.6. The van der Waals surface area contributed by atoms with Gasteiger partial charge < -0.3 is 10.2 Å². The average molecular weight is 577 g/mol. The highest BCUT2D eigenvalue weighted by Gasteiger charge is 2.31. The standard InChI is InChI=1S/C26H24ClF3N6O2S/c27-16-8-15-2-1-6-35(17-3-5-31-11-17)23(15)19(9-16)22-24-20(32-14-33-22)10-18(39-24)12-36-21(37)4-7-34(25(36)38)13-26(28,29)30/h4,7-10,14,17,31H,1-3,5-6,11-13H2/t17-/m0/s1.